The van der Waals surface area contributed by atoms with E-state index in [1.165, 1.54) is 6.21 Å². The molecule has 0 spiro atoms. The molecule has 0 heterocycles. The number of fused-ring (bicyclic) bond motifs is 1. The molecule has 92 valence electrons. The van der Waals surface area contributed by atoms with Crippen LogP contribution < -0.4 is 11.2 Å². The zero-order valence-electron chi connectivity index (χ0n) is 9.63. The Bertz CT molecular complexity index is 608. The van der Waals surface area contributed by atoms with Crippen LogP contribution in [0.4, 0.5) is 0 Å². The van der Waals surface area contributed by atoms with Gasteiger partial charge in [-0.15, -0.1) is 0 Å². The van der Waals surface area contributed by atoms with Crippen molar-refractivity contribution in [1.82, 2.24) is 5.43 Å². The van der Waals surface area contributed by atoms with Crippen LogP contribution in [-0.4, -0.2) is 23.8 Å². The summed E-state index contributed by atoms with van der Waals surface area (Å²) in [6.07, 6.45) is 1.41. The number of hydrogen-bond acceptors (Lipinski definition) is 4. The van der Waals surface area contributed by atoms with Gasteiger partial charge in [0.05, 0.1) is 12.8 Å². The maximum Gasteiger partial charge on any atom is 0.253 e. The van der Waals surface area contributed by atoms with Crippen LogP contribution in [0, 0.1) is 0 Å². The average Bonchev–Trinajstić information content (AvgIpc) is 2.41. The van der Waals surface area contributed by atoms with Crippen LogP contribution in [0.5, 0.6) is 5.75 Å². The number of nitrogens with zero attached hydrogens (tertiary/aromatic N) is 1. The van der Waals surface area contributed by atoms with E-state index >= 15 is 0 Å². The highest BCUT2D eigenvalue weighted by Crippen LogP contribution is 2.25. The second-order valence-electron chi connectivity index (χ2n) is 3.72. The van der Waals surface area contributed by atoms with Crippen molar-refractivity contribution >= 4 is 22.9 Å². The Hall–Kier alpha value is -2.40. The standard InChI is InChI=1S/C13H13N3O2/c14-7-13(18)16-15-8-11-10-4-2-1-3-9(10)5-6-12(11)17/h1-6,8,17H,7,14H2,(H,16,18). The van der Waals surface area contributed by atoms with E-state index in [9.17, 15) is 9.90 Å². The van der Waals surface area contributed by atoms with Gasteiger partial charge in [0.1, 0.15) is 5.75 Å². The molecule has 0 fully saturated rings. The van der Waals surface area contributed by atoms with E-state index in [1.54, 1.807) is 6.07 Å². The average molecular weight is 243 g/mol. The number of nitrogens with one attached hydrogen (secondary N) is 1. The predicted molar refractivity (Wildman–Crippen MR) is 70.4 cm³/mol. The molecule has 0 radical (unpaired) electrons. The molecule has 5 heteroatoms. The molecular formula is C13H13N3O2. The smallest absolute Gasteiger partial charge is 0.253 e. The zero-order valence-corrected chi connectivity index (χ0v) is 9.63. The maximum atomic E-state index is 10.9. The van der Waals surface area contributed by atoms with Crippen LogP contribution in [0.25, 0.3) is 10.8 Å². The van der Waals surface area contributed by atoms with Crippen LogP contribution in [0.1, 0.15) is 5.56 Å². The molecule has 2 aromatic carbocycles. The fourth-order valence-corrected chi connectivity index (χ4v) is 1.63. The topological polar surface area (TPSA) is 87.7 Å². The number of amides is 1. The van der Waals surface area contributed by atoms with E-state index < -0.39 is 0 Å². The monoisotopic (exact) mass is 243 g/mol. The van der Waals surface area contributed by atoms with Crippen molar-refractivity contribution in [3.05, 3.63) is 42.0 Å². The number of aromatic hydroxyl groups is 1. The Morgan fingerprint density at radius 1 is 1.33 bits per heavy atom. The highest BCUT2D eigenvalue weighted by molar-refractivity contribution is 6.02. The van der Waals surface area contributed by atoms with Gasteiger partial charge in [0.2, 0.25) is 0 Å². The summed E-state index contributed by atoms with van der Waals surface area (Å²) in [5.41, 5.74) is 7.96. The van der Waals surface area contributed by atoms with Gasteiger partial charge in [-0.05, 0) is 16.8 Å². The lowest BCUT2D eigenvalue weighted by atomic mass is 10.0. The largest absolute Gasteiger partial charge is 0.507 e. The number of rotatable bonds is 3. The van der Waals surface area contributed by atoms with Gasteiger partial charge in [-0.2, -0.15) is 5.10 Å². The van der Waals surface area contributed by atoms with E-state index in [-0.39, 0.29) is 18.2 Å². The first-order valence-electron chi connectivity index (χ1n) is 5.45. The molecule has 0 bridgehead atoms. The fraction of sp³-hybridized carbons (Fsp3) is 0.0769. The Kier molecular flexibility index (Phi) is 3.54. The lowest BCUT2D eigenvalue weighted by Crippen LogP contribution is -2.26. The normalized spacial score (nSPS) is 10.9. The second-order valence-corrected chi connectivity index (χ2v) is 3.72. The van der Waals surface area contributed by atoms with Crippen LogP contribution >= 0.6 is 0 Å². The van der Waals surface area contributed by atoms with Gasteiger partial charge in [-0.3, -0.25) is 4.79 Å². The van der Waals surface area contributed by atoms with E-state index in [2.05, 4.69) is 10.5 Å². The highest BCUT2D eigenvalue weighted by Gasteiger charge is 2.04. The first-order valence-corrected chi connectivity index (χ1v) is 5.45. The summed E-state index contributed by atoms with van der Waals surface area (Å²) >= 11 is 0. The molecule has 2 aromatic rings. The van der Waals surface area contributed by atoms with Crippen LogP contribution in [0.2, 0.25) is 0 Å². The minimum atomic E-state index is -0.383. The highest BCUT2D eigenvalue weighted by atomic mass is 16.3. The minimum absolute atomic E-state index is 0.111. The summed E-state index contributed by atoms with van der Waals surface area (Å²) in [6.45, 7) is -0.126. The van der Waals surface area contributed by atoms with Crippen molar-refractivity contribution in [3.63, 3.8) is 0 Å². The van der Waals surface area contributed by atoms with E-state index in [1.807, 2.05) is 30.3 Å². The summed E-state index contributed by atoms with van der Waals surface area (Å²) in [5, 5.41) is 15.4. The molecule has 4 N–H and O–H groups in total. The number of nitrogens with two attached hydrogens (primary N) is 1. The molecule has 0 aliphatic heterocycles. The third-order valence-electron chi connectivity index (χ3n) is 2.52. The van der Waals surface area contributed by atoms with Gasteiger partial charge in [0.15, 0.2) is 0 Å². The number of phenolic OH excluding ortho intramolecular Hbond substituents is 1. The Labute approximate surface area is 104 Å². The number of benzene rings is 2. The third kappa shape index (κ3) is 2.46. The van der Waals surface area contributed by atoms with Crippen LogP contribution in [0.3, 0.4) is 0 Å². The van der Waals surface area contributed by atoms with Gasteiger partial charge >= 0.3 is 0 Å². The Morgan fingerprint density at radius 3 is 2.89 bits per heavy atom. The van der Waals surface area contributed by atoms with Crippen molar-refractivity contribution in [1.29, 1.82) is 0 Å². The van der Waals surface area contributed by atoms with Crippen LogP contribution in [-0.2, 0) is 4.79 Å². The Balaban J connectivity index is 2.37. The number of hydrazone groups is 1. The molecule has 1 amide bonds. The van der Waals surface area contributed by atoms with E-state index in [0.29, 0.717) is 5.56 Å². The van der Waals surface area contributed by atoms with Crippen molar-refractivity contribution < 1.29 is 9.90 Å². The summed E-state index contributed by atoms with van der Waals surface area (Å²) in [5.74, 6) is -0.273. The molecule has 0 atom stereocenters. The SMILES string of the molecule is NCC(=O)NN=Cc1c(O)ccc2ccccc12. The van der Waals surface area contributed by atoms with E-state index in [4.69, 9.17) is 5.73 Å². The number of carbonyl (C=O) groups is 1. The molecule has 5 nitrogen and oxygen atoms in total. The molecule has 0 unspecified atom stereocenters. The van der Waals surface area contributed by atoms with Gasteiger partial charge in [0.25, 0.3) is 5.91 Å². The van der Waals surface area contributed by atoms with Crippen molar-refractivity contribution in [3.8, 4) is 5.75 Å². The Morgan fingerprint density at radius 2 is 2.11 bits per heavy atom. The van der Waals surface area contributed by atoms with Gasteiger partial charge in [-0.1, -0.05) is 30.3 Å². The van der Waals surface area contributed by atoms with Gasteiger partial charge < -0.3 is 10.8 Å². The first kappa shape index (κ1) is 12.1. The van der Waals surface area contributed by atoms with Gasteiger partial charge in [-0.25, -0.2) is 5.43 Å². The lowest BCUT2D eigenvalue weighted by molar-refractivity contribution is -0.119. The maximum absolute atomic E-state index is 10.9. The van der Waals surface area contributed by atoms with Crippen molar-refractivity contribution in [2.75, 3.05) is 6.54 Å². The third-order valence-corrected chi connectivity index (χ3v) is 2.52. The molecule has 0 aliphatic carbocycles. The molecule has 0 aliphatic rings. The molecule has 0 saturated heterocycles. The molecule has 18 heavy (non-hydrogen) atoms. The predicted octanol–water partition coefficient (Wildman–Crippen LogP) is 0.954. The number of carbonyl (C=O) groups excluding carboxylic acids is 1. The molecule has 0 saturated carbocycles. The van der Waals surface area contributed by atoms with Crippen molar-refractivity contribution in [2.24, 2.45) is 10.8 Å². The summed E-state index contributed by atoms with van der Waals surface area (Å²) in [6, 6.07) is 11.0. The molecule has 0 aromatic heterocycles. The van der Waals surface area contributed by atoms with Crippen molar-refractivity contribution in [2.45, 2.75) is 0 Å². The van der Waals surface area contributed by atoms with Gasteiger partial charge in [0, 0.05) is 5.56 Å². The number of hydrogen-bond donors (Lipinski definition) is 3. The first-order chi connectivity index (χ1) is 8.72. The molecular weight excluding hydrogens is 230 g/mol. The summed E-state index contributed by atoms with van der Waals surface area (Å²) < 4.78 is 0. The summed E-state index contributed by atoms with van der Waals surface area (Å²) in [4.78, 5) is 10.9. The van der Waals surface area contributed by atoms with Crippen LogP contribution in [0.15, 0.2) is 41.5 Å². The number of phenols is 1. The fourth-order valence-electron chi connectivity index (χ4n) is 1.63. The second kappa shape index (κ2) is 5.29. The summed E-state index contributed by atoms with van der Waals surface area (Å²) in [7, 11) is 0. The zero-order chi connectivity index (χ0) is 13.0. The lowest BCUT2D eigenvalue weighted by Gasteiger charge is -2.04. The quantitative estimate of drug-likeness (QED) is 0.554. The minimum Gasteiger partial charge on any atom is -0.507 e. The van der Waals surface area contributed by atoms with E-state index in [0.717, 1.165) is 10.8 Å². The molecule has 2 rings (SSSR count).